The first-order valence-corrected chi connectivity index (χ1v) is 11.3. The Morgan fingerprint density at radius 3 is 2.32 bits per heavy atom. The molecular weight excluding hydrogens is 412 g/mol. The normalized spacial score (nSPS) is 11.1. The summed E-state index contributed by atoms with van der Waals surface area (Å²) in [6.45, 7) is 3.67. The lowest BCUT2D eigenvalue weighted by Gasteiger charge is -2.26. The molecule has 1 N–H and O–H groups in total. The highest BCUT2D eigenvalue weighted by Gasteiger charge is 2.28. The van der Waals surface area contributed by atoms with Crippen molar-refractivity contribution in [3.63, 3.8) is 0 Å². The van der Waals surface area contributed by atoms with E-state index in [0.29, 0.717) is 11.4 Å². The largest absolute Gasteiger partial charge is 0.496 e. The zero-order chi connectivity index (χ0) is 22.4. The van der Waals surface area contributed by atoms with Gasteiger partial charge in [-0.3, -0.25) is 9.10 Å². The third-order valence-electron chi connectivity index (χ3n) is 4.91. The van der Waals surface area contributed by atoms with Gasteiger partial charge in [-0.2, -0.15) is 0 Å². The summed E-state index contributed by atoms with van der Waals surface area (Å²) in [5, 5.41) is 2.80. The molecule has 0 aliphatic carbocycles. The van der Waals surface area contributed by atoms with Gasteiger partial charge in [-0.1, -0.05) is 54.1 Å². The topological polar surface area (TPSA) is 75.7 Å². The Kier molecular flexibility index (Phi) is 6.97. The molecule has 0 heterocycles. The molecule has 3 aromatic rings. The van der Waals surface area contributed by atoms with Crippen LogP contribution in [0.4, 0.5) is 5.69 Å². The van der Waals surface area contributed by atoms with Crippen LogP contribution in [0.25, 0.3) is 0 Å². The van der Waals surface area contributed by atoms with Crippen molar-refractivity contribution in [3.8, 4) is 5.75 Å². The fraction of sp³-hybridized carbons (Fsp3) is 0.208. The maximum absolute atomic E-state index is 13.4. The van der Waals surface area contributed by atoms with Gasteiger partial charge in [0.2, 0.25) is 5.91 Å². The monoisotopic (exact) mass is 438 g/mol. The number of hydrogen-bond acceptors (Lipinski definition) is 4. The van der Waals surface area contributed by atoms with E-state index >= 15 is 0 Å². The minimum atomic E-state index is -3.93. The third kappa shape index (κ3) is 5.24. The van der Waals surface area contributed by atoms with Gasteiger partial charge in [-0.15, -0.1) is 0 Å². The number of benzene rings is 3. The summed E-state index contributed by atoms with van der Waals surface area (Å²) in [4.78, 5) is 12.9. The summed E-state index contributed by atoms with van der Waals surface area (Å²) in [5.74, 6) is 0.247. The minimum Gasteiger partial charge on any atom is -0.496 e. The van der Waals surface area contributed by atoms with Gasteiger partial charge in [0.15, 0.2) is 0 Å². The molecule has 162 valence electrons. The molecule has 0 bridgehead atoms. The number of para-hydroxylation sites is 1. The van der Waals surface area contributed by atoms with E-state index in [9.17, 15) is 13.2 Å². The molecule has 0 atom stereocenters. The van der Waals surface area contributed by atoms with Gasteiger partial charge in [0.05, 0.1) is 17.7 Å². The quantitative estimate of drug-likeness (QED) is 0.580. The van der Waals surface area contributed by atoms with Crippen molar-refractivity contribution in [2.45, 2.75) is 25.3 Å². The Morgan fingerprint density at radius 2 is 1.65 bits per heavy atom. The summed E-state index contributed by atoms with van der Waals surface area (Å²) in [7, 11) is -2.37. The van der Waals surface area contributed by atoms with Crippen LogP contribution in [0.15, 0.2) is 77.7 Å². The standard InChI is InChI=1S/C24H26N2O4S/c1-18-13-14-22(19(2)15-18)26(31(28,29)21-10-5-4-6-11-21)17-24(27)25-16-20-9-7-8-12-23(20)30-3/h4-15H,16-17H2,1-3H3,(H,25,27). The first-order valence-electron chi connectivity index (χ1n) is 9.86. The predicted octanol–water partition coefficient (Wildman–Crippen LogP) is 3.82. The predicted molar refractivity (Wildman–Crippen MR) is 122 cm³/mol. The fourth-order valence-corrected chi connectivity index (χ4v) is 4.84. The summed E-state index contributed by atoms with van der Waals surface area (Å²) in [5.41, 5.74) is 3.07. The lowest BCUT2D eigenvalue weighted by atomic mass is 10.1. The molecule has 0 spiro atoms. The van der Waals surface area contributed by atoms with Gasteiger partial charge in [0, 0.05) is 12.1 Å². The molecule has 31 heavy (non-hydrogen) atoms. The van der Waals surface area contributed by atoms with Crippen LogP contribution >= 0.6 is 0 Å². The average Bonchev–Trinajstić information content (AvgIpc) is 2.77. The Balaban J connectivity index is 1.89. The molecule has 0 unspecified atom stereocenters. The molecule has 0 saturated carbocycles. The lowest BCUT2D eigenvalue weighted by molar-refractivity contribution is -0.119. The molecule has 0 aliphatic heterocycles. The number of methoxy groups -OCH3 is 1. The zero-order valence-corrected chi connectivity index (χ0v) is 18.6. The van der Waals surface area contributed by atoms with Gasteiger partial charge < -0.3 is 10.1 Å². The summed E-state index contributed by atoms with van der Waals surface area (Å²) < 4.78 is 33.3. The summed E-state index contributed by atoms with van der Waals surface area (Å²) >= 11 is 0. The van der Waals surface area contributed by atoms with Crippen LogP contribution < -0.4 is 14.4 Å². The van der Waals surface area contributed by atoms with Crippen molar-refractivity contribution in [3.05, 3.63) is 89.5 Å². The van der Waals surface area contributed by atoms with Crippen LogP contribution in [0.3, 0.4) is 0 Å². The Hall–Kier alpha value is -3.32. The number of anilines is 1. The van der Waals surface area contributed by atoms with E-state index in [1.165, 1.54) is 12.1 Å². The Labute approximate surface area is 183 Å². The number of sulfonamides is 1. The first kappa shape index (κ1) is 22.4. The molecule has 0 fully saturated rings. The Bertz CT molecular complexity index is 1160. The van der Waals surface area contributed by atoms with Gasteiger partial charge in [-0.25, -0.2) is 8.42 Å². The van der Waals surface area contributed by atoms with Gasteiger partial charge >= 0.3 is 0 Å². The number of carbonyl (C=O) groups is 1. The third-order valence-corrected chi connectivity index (χ3v) is 6.68. The maximum Gasteiger partial charge on any atom is 0.264 e. The fourth-order valence-electron chi connectivity index (χ4n) is 3.33. The molecule has 6 nitrogen and oxygen atoms in total. The van der Waals surface area contributed by atoms with Crippen molar-refractivity contribution in [2.24, 2.45) is 0 Å². The zero-order valence-electron chi connectivity index (χ0n) is 17.8. The Morgan fingerprint density at radius 1 is 0.968 bits per heavy atom. The molecule has 0 aromatic heterocycles. The van der Waals surface area contributed by atoms with Crippen LogP contribution in [-0.4, -0.2) is 28.0 Å². The molecule has 0 saturated heterocycles. The van der Waals surface area contributed by atoms with Crippen molar-refractivity contribution < 1.29 is 17.9 Å². The SMILES string of the molecule is COc1ccccc1CNC(=O)CN(c1ccc(C)cc1C)S(=O)(=O)c1ccccc1. The van der Waals surface area contributed by atoms with E-state index in [0.717, 1.165) is 21.0 Å². The number of ether oxygens (including phenoxy) is 1. The van der Waals surface area contributed by atoms with Crippen molar-refractivity contribution >= 4 is 21.6 Å². The van der Waals surface area contributed by atoms with Gasteiger partial charge in [-0.05, 0) is 43.7 Å². The number of nitrogens with zero attached hydrogens (tertiary/aromatic N) is 1. The van der Waals surface area contributed by atoms with E-state index < -0.39 is 15.9 Å². The molecule has 3 aromatic carbocycles. The van der Waals surface area contributed by atoms with Crippen LogP contribution in [0.5, 0.6) is 5.75 Å². The number of aryl methyl sites for hydroxylation is 2. The van der Waals surface area contributed by atoms with Crippen LogP contribution in [0.2, 0.25) is 0 Å². The van der Waals surface area contributed by atoms with Crippen molar-refractivity contribution in [2.75, 3.05) is 18.0 Å². The molecule has 0 radical (unpaired) electrons. The smallest absolute Gasteiger partial charge is 0.264 e. The number of carbonyl (C=O) groups excluding carboxylic acids is 1. The molecular formula is C24H26N2O4S. The second-order valence-corrected chi connectivity index (χ2v) is 9.07. The highest BCUT2D eigenvalue weighted by molar-refractivity contribution is 7.92. The van der Waals surface area contributed by atoms with Crippen LogP contribution in [0, 0.1) is 13.8 Å². The van der Waals surface area contributed by atoms with Gasteiger partial charge in [0.1, 0.15) is 12.3 Å². The van der Waals surface area contributed by atoms with Crippen molar-refractivity contribution in [1.29, 1.82) is 0 Å². The van der Waals surface area contributed by atoms with Crippen LogP contribution in [-0.2, 0) is 21.4 Å². The molecule has 1 amide bonds. The number of hydrogen-bond donors (Lipinski definition) is 1. The maximum atomic E-state index is 13.4. The van der Waals surface area contributed by atoms with Crippen molar-refractivity contribution in [1.82, 2.24) is 5.32 Å². The molecule has 3 rings (SSSR count). The number of nitrogens with one attached hydrogen (secondary N) is 1. The van der Waals surface area contributed by atoms with Gasteiger partial charge in [0.25, 0.3) is 10.0 Å². The average molecular weight is 439 g/mol. The highest BCUT2D eigenvalue weighted by Crippen LogP contribution is 2.27. The molecule has 0 aliphatic rings. The minimum absolute atomic E-state index is 0.132. The second-order valence-electron chi connectivity index (χ2n) is 7.20. The van der Waals surface area contributed by atoms with E-state index in [2.05, 4.69) is 5.32 Å². The van der Waals surface area contributed by atoms with E-state index in [1.807, 2.05) is 50.2 Å². The van der Waals surface area contributed by atoms with E-state index in [1.54, 1.807) is 31.4 Å². The number of amides is 1. The lowest BCUT2D eigenvalue weighted by Crippen LogP contribution is -2.41. The number of rotatable bonds is 8. The van der Waals surface area contributed by atoms with E-state index in [4.69, 9.17) is 4.74 Å². The second kappa shape index (κ2) is 9.66. The summed E-state index contributed by atoms with van der Waals surface area (Å²) in [6, 6.07) is 21.0. The molecule has 7 heteroatoms. The van der Waals surface area contributed by atoms with Crippen LogP contribution in [0.1, 0.15) is 16.7 Å². The van der Waals surface area contributed by atoms with E-state index in [-0.39, 0.29) is 18.0 Å². The highest BCUT2D eigenvalue weighted by atomic mass is 32.2. The first-order chi connectivity index (χ1) is 14.8. The summed E-state index contributed by atoms with van der Waals surface area (Å²) in [6.07, 6.45) is 0.